The fraction of sp³-hybridized carbons (Fsp3) is 0.143. The molecular weight excluding hydrogens is 399 g/mol. The van der Waals surface area contributed by atoms with Crippen molar-refractivity contribution in [1.29, 1.82) is 0 Å². The van der Waals surface area contributed by atoms with E-state index in [1.54, 1.807) is 12.1 Å². The zero-order valence-corrected chi connectivity index (χ0v) is 14.9. The molecule has 0 bridgehead atoms. The highest BCUT2D eigenvalue weighted by molar-refractivity contribution is 9.10. The van der Waals surface area contributed by atoms with Crippen LogP contribution in [0.2, 0.25) is 10.0 Å². The molecule has 0 amide bonds. The topological polar surface area (TPSA) is 43.4 Å². The third-order valence-electron chi connectivity index (χ3n) is 2.78. The molecule has 2 rings (SSSR count). The van der Waals surface area contributed by atoms with Crippen LogP contribution in [0.4, 0.5) is 0 Å². The average Bonchev–Trinajstić information content (AvgIpc) is 2.43. The Morgan fingerprint density at radius 3 is 2.24 bits per heavy atom. The van der Waals surface area contributed by atoms with Gasteiger partial charge in [0.2, 0.25) is 0 Å². The summed E-state index contributed by atoms with van der Waals surface area (Å²) in [7, 11) is -3.99. The molecule has 0 aromatic heterocycles. The molecule has 0 atom stereocenters. The fourth-order valence-electron chi connectivity index (χ4n) is 1.65. The number of halogens is 3. The summed E-state index contributed by atoms with van der Waals surface area (Å²) in [5.74, 6) is 0.241. The van der Waals surface area contributed by atoms with Gasteiger partial charge < -0.3 is 4.18 Å². The van der Waals surface area contributed by atoms with Crippen molar-refractivity contribution < 1.29 is 12.6 Å². The Bertz CT molecular complexity index is 759. The van der Waals surface area contributed by atoms with E-state index in [2.05, 4.69) is 15.9 Å². The molecule has 21 heavy (non-hydrogen) atoms. The molecule has 0 heterocycles. The van der Waals surface area contributed by atoms with E-state index in [1.807, 2.05) is 19.1 Å². The standard InChI is InChI=1S/C14H11BrCl2O3S/c1-2-9-3-5-10(6-4-9)20-21(18,19)14-8-13(17)12(16)7-11(14)15/h3-8H,2H2,1H3. The fourth-order valence-corrected chi connectivity index (χ4v) is 4.12. The zero-order valence-electron chi connectivity index (χ0n) is 10.9. The highest BCUT2D eigenvalue weighted by Crippen LogP contribution is 2.33. The van der Waals surface area contributed by atoms with Crippen LogP contribution >= 0.6 is 39.1 Å². The number of benzene rings is 2. The summed E-state index contributed by atoms with van der Waals surface area (Å²) in [6.07, 6.45) is 0.866. The number of rotatable bonds is 4. The summed E-state index contributed by atoms with van der Waals surface area (Å²) < 4.78 is 30.0. The Hall–Kier alpha value is -0.750. The Kier molecular flexibility index (Phi) is 5.20. The van der Waals surface area contributed by atoms with Gasteiger partial charge in [0.05, 0.1) is 10.0 Å². The number of hydrogen-bond acceptors (Lipinski definition) is 3. The van der Waals surface area contributed by atoms with Gasteiger partial charge in [0.25, 0.3) is 0 Å². The first kappa shape index (κ1) is 16.6. The van der Waals surface area contributed by atoms with Crippen molar-refractivity contribution in [3.05, 3.63) is 56.5 Å². The Balaban J connectivity index is 2.35. The second-order valence-corrected chi connectivity index (χ2v) is 7.42. The van der Waals surface area contributed by atoms with Crippen LogP contribution in [0.15, 0.2) is 45.8 Å². The predicted octanol–water partition coefficient (Wildman–Crippen LogP) is 5.09. The number of hydrogen-bond donors (Lipinski definition) is 0. The van der Waals surface area contributed by atoms with Gasteiger partial charge in [-0.3, -0.25) is 0 Å². The van der Waals surface area contributed by atoms with Gasteiger partial charge in [-0.15, -0.1) is 0 Å². The van der Waals surface area contributed by atoms with Crippen molar-refractivity contribution in [2.24, 2.45) is 0 Å². The van der Waals surface area contributed by atoms with Crippen LogP contribution in [0.3, 0.4) is 0 Å². The van der Waals surface area contributed by atoms with Gasteiger partial charge >= 0.3 is 10.1 Å². The minimum atomic E-state index is -3.99. The third-order valence-corrected chi connectivity index (χ3v) is 5.71. The van der Waals surface area contributed by atoms with Crippen molar-refractivity contribution in [3.63, 3.8) is 0 Å². The van der Waals surface area contributed by atoms with Gasteiger partial charge in [0, 0.05) is 4.47 Å². The SMILES string of the molecule is CCc1ccc(OS(=O)(=O)c2cc(Cl)c(Cl)cc2Br)cc1. The van der Waals surface area contributed by atoms with Crippen LogP contribution in [0.5, 0.6) is 5.75 Å². The molecule has 0 saturated carbocycles. The van der Waals surface area contributed by atoms with E-state index in [-0.39, 0.29) is 20.7 Å². The molecule has 0 spiro atoms. The van der Waals surface area contributed by atoms with Gasteiger partial charge in [-0.1, -0.05) is 42.3 Å². The van der Waals surface area contributed by atoms with Crippen LogP contribution in [0.25, 0.3) is 0 Å². The first-order valence-corrected chi connectivity index (χ1v) is 8.97. The molecule has 2 aromatic carbocycles. The molecule has 0 saturated heterocycles. The summed E-state index contributed by atoms with van der Waals surface area (Å²) in [6, 6.07) is 9.52. The van der Waals surface area contributed by atoms with Gasteiger partial charge in [-0.2, -0.15) is 8.42 Å². The zero-order chi connectivity index (χ0) is 15.6. The monoisotopic (exact) mass is 408 g/mol. The summed E-state index contributed by atoms with van der Waals surface area (Å²) >= 11 is 14.8. The van der Waals surface area contributed by atoms with Crippen LogP contribution in [0, 0.1) is 0 Å². The van der Waals surface area contributed by atoms with Crippen molar-refractivity contribution in [3.8, 4) is 5.75 Å². The molecule has 0 aliphatic carbocycles. The second kappa shape index (κ2) is 6.57. The normalized spacial score (nSPS) is 11.4. The first-order chi connectivity index (χ1) is 9.83. The van der Waals surface area contributed by atoms with E-state index in [0.717, 1.165) is 12.0 Å². The van der Waals surface area contributed by atoms with Crippen LogP contribution < -0.4 is 4.18 Å². The van der Waals surface area contributed by atoms with Gasteiger partial charge in [0.15, 0.2) is 0 Å². The molecule has 0 aliphatic heterocycles. The Morgan fingerprint density at radius 2 is 1.67 bits per heavy atom. The Labute approximate surface area is 142 Å². The summed E-state index contributed by atoms with van der Waals surface area (Å²) in [5.41, 5.74) is 1.09. The van der Waals surface area contributed by atoms with E-state index in [0.29, 0.717) is 4.47 Å². The van der Waals surface area contributed by atoms with Gasteiger partial charge in [0.1, 0.15) is 10.6 Å². The summed E-state index contributed by atoms with van der Waals surface area (Å²) in [4.78, 5) is -0.0727. The molecule has 7 heteroatoms. The van der Waals surface area contributed by atoms with E-state index < -0.39 is 10.1 Å². The van der Waals surface area contributed by atoms with Crippen LogP contribution in [0.1, 0.15) is 12.5 Å². The molecular formula is C14H11BrCl2O3S. The van der Waals surface area contributed by atoms with Gasteiger partial charge in [-0.05, 0) is 52.2 Å². The van der Waals surface area contributed by atoms with E-state index >= 15 is 0 Å². The third kappa shape index (κ3) is 3.92. The van der Waals surface area contributed by atoms with Crippen molar-refractivity contribution in [1.82, 2.24) is 0 Å². The molecule has 0 radical (unpaired) electrons. The first-order valence-electron chi connectivity index (χ1n) is 6.01. The minimum absolute atomic E-state index is 0.0727. The largest absolute Gasteiger partial charge is 0.379 e. The average molecular weight is 410 g/mol. The second-order valence-electron chi connectivity index (χ2n) is 4.23. The lowest BCUT2D eigenvalue weighted by atomic mass is 10.2. The lowest BCUT2D eigenvalue weighted by molar-refractivity contribution is 0.485. The molecule has 2 aromatic rings. The van der Waals surface area contributed by atoms with Gasteiger partial charge in [-0.25, -0.2) is 0 Å². The van der Waals surface area contributed by atoms with Crippen molar-refractivity contribution >= 4 is 49.2 Å². The Morgan fingerprint density at radius 1 is 1.10 bits per heavy atom. The minimum Gasteiger partial charge on any atom is -0.379 e. The van der Waals surface area contributed by atoms with E-state index in [9.17, 15) is 8.42 Å². The number of aryl methyl sites for hydroxylation is 1. The summed E-state index contributed by atoms with van der Waals surface area (Å²) in [5, 5.41) is 0.401. The predicted molar refractivity (Wildman–Crippen MR) is 87.8 cm³/mol. The van der Waals surface area contributed by atoms with Crippen molar-refractivity contribution in [2.45, 2.75) is 18.2 Å². The maximum atomic E-state index is 12.3. The molecule has 0 N–H and O–H groups in total. The molecule has 112 valence electrons. The molecule has 0 fully saturated rings. The maximum Gasteiger partial charge on any atom is 0.340 e. The van der Waals surface area contributed by atoms with Crippen molar-refractivity contribution in [2.75, 3.05) is 0 Å². The lowest BCUT2D eigenvalue weighted by Crippen LogP contribution is -2.10. The summed E-state index contributed by atoms with van der Waals surface area (Å²) in [6.45, 7) is 2.01. The molecule has 0 aliphatic rings. The molecule has 3 nitrogen and oxygen atoms in total. The van der Waals surface area contributed by atoms with E-state index in [1.165, 1.54) is 12.1 Å². The smallest absolute Gasteiger partial charge is 0.340 e. The maximum absolute atomic E-state index is 12.3. The van der Waals surface area contributed by atoms with E-state index in [4.69, 9.17) is 27.4 Å². The quantitative estimate of drug-likeness (QED) is 0.521. The highest BCUT2D eigenvalue weighted by atomic mass is 79.9. The van der Waals surface area contributed by atoms with Crippen LogP contribution in [-0.4, -0.2) is 8.42 Å². The van der Waals surface area contributed by atoms with Crippen LogP contribution in [-0.2, 0) is 16.5 Å². The lowest BCUT2D eigenvalue weighted by Gasteiger charge is -2.10. The molecule has 0 unspecified atom stereocenters. The highest BCUT2D eigenvalue weighted by Gasteiger charge is 2.22.